The van der Waals surface area contributed by atoms with Crippen LogP contribution in [0.3, 0.4) is 0 Å². The van der Waals surface area contributed by atoms with Gasteiger partial charge >= 0.3 is 5.97 Å². The second-order valence-electron chi connectivity index (χ2n) is 4.04. The van der Waals surface area contributed by atoms with Crippen molar-refractivity contribution in [1.82, 2.24) is 14.8 Å². The van der Waals surface area contributed by atoms with Gasteiger partial charge < -0.3 is 10.4 Å². The number of nitrogens with zero attached hydrogens (tertiary/aromatic N) is 3. The number of fused-ring (bicyclic) bond motifs is 1. The van der Waals surface area contributed by atoms with Crippen LogP contribution in [-0.4, -0.2) is 32.4 Å². The van der Waals surface area contributed by atoms with Gasteiger partial charge in [0.25, 0.3) is 0 Å². The van der Waals surface area contributed by atoms with Crippen molar-refractivity contribution >= 4 is 22.7 Å². The van der Waals surface area contributed by atoms with E-state index >= 15 is 0 Å². The normalized spacial score (nSPS) is 10.1. The van der Waals surface area contributed by atoms with E-state index in [1.54, 1.807) is 18.7 Å². The highest BCUT2D eigenvalue weighted by molar-refractivity contribution is 6.04. The first-order chi connectivity index (χ1) is 9.06. The number of anilines is 1. The molecule has 0 fully saturated rings. The molecular weight excluding hydrogens is 244 g/mol. The number of hydrogen-bond donors (Lipinski definition) is 2. The van der Waals surface area contributed by atoms with Crippen molar-refractivity contribution in [2.45, 2.75) is 13.8 Å². The van der Waals surface area contributed by atoms with Gasteiger partial charge in [0.05, 0.1) is 23.3 Å². The monoisotopic (exact) mass is 258 g/mol. The first-order valence-corrected chi connectivity index (χ1v) is 5.75. The maximum Gasteiger partial charge on any atom is 0.339 e. The molecular formula is C13H14N4O2. The zero-order valence-electron chi connectivity index (χ0n) is 11.0. The maximum absolute atomic E-state index is 11.3. The van der Waals surface area contributed by atoms with Crippen molar-refractivity contribution in [3.8, 4) is 11.8 Å². The summed E-state index contributed by atoms with van der Waals surface area (Å²) in [6, 6.07) is 0. The van der Waals surface area contributed by atoms with E-state index < -0.39 is 5.97 Å². The SMILES string of the molecule is CC#CCNc1c(C(=O)O)cnc2c1c(C)nn2C. The molecule has 0 amide bonds. The van der Waals surface area contributed by atoms with Gasteiger partial charge in [0.15, 0.2) is 5.65 Å². The number of rotatable bonds is 3. The van der Waals surface area contributed by atoms with E-state index in [0.29, 0.717) is 17.9 Å². The van der Waals surface area contributed by atoms with Crippen LogP contribution in [0, 0.1) is 18.8 Å². The molecule has 2 heterocycles. The van der Waals surface area contributed by atoms with E-state index in [4.69, 9.17) is 0 Å². The fourth-order valence-electron chi connectivity index (χ4n) is 1.98. The average Bonchev–Trinajstić information content (AvgIpc) is 2.65. The maximum atomic E-state index is 11.3. The molecule has 98 valence electrons. The lowest BCUT2D eigenvalue weighted by atomic mass is 10.1. The summed E-state index contributed by atoms with van der Waals surface area (Å²) in [7, 11) is 1.78. The van der Waals surface area contributed by atoms with Crippen molar-refractivity contribution < 1.29 is 9.90 Å². The third-order valence-corrected chi connectivity index (χ3v) is 2.79. The summed E-state index contributed by atoms with van der Waals surface area (Å²) in [6.45, 7) is 3.94. The Morgan fingerprint density at radius 2 is 2.32 bits per heavy atom. The van der Waals surface area contributed by atoms with E-state index in [0.717, 1.165) is 11.1 Å². The number of aromatic carboxylic acids is 1. The molecule has 0 radical (unpaired) electrons. The third kappa shape index (κ3) is 2.22. The molecule has 0 saturated heterocycles. The lowest BCUT2D eigenvalue weighted by Crippen LogP contribution is -2.08. The molecule has 19 heavy (non-hydrogen) atoms. The fraction of sp³-hybridized carbons (Fsp3) is 0.308. The molecule has 0 bridgehead atoms. The van der Waals surface area contributed by atoms with Crippen molar-refractivity contribution in [2.75, 3.05) is 11.9 Å². The van der Waals surface area contributed by atoms with E-state index in [1.807, 2.05) is 6.92 Å². The van der Waals surface area contributed by atoms with Gasteiger partial charge in [-0.05, 0) is 13.8 Å². The second kappa shape index (κ2) is 4.98. The lowest BCUT2D eigenvalue weighted by molar-refractivity contribution is 0.0697. The molecule has 0 aliphatic rings. The lowest BCUT2D eigenvalue weighted by Gasteiger charge is -2.08. The Kier molecular flexibility index (Phi) is 3.38. The zero-order valence-corrected chi connectivity index (χ0v) is 11.0. The van der Waals surface area contributed by atoms with Crippen LogP contribution >= 0.6 is 0 Å². The Bertz CT molecular complexity index is 707. The molecule has 0 saturated carbocycles. The zero-order chi connectivity index (χ0) is 14.0. The molecule has 6 heteroatoms. The van der Waals surface area contributed by atoms with E-state index in [2.05, 4.69) is 27.2 Å². The molecule has 0 unspecified atom stereocenters. The summed E-state index contributed by atoms with van der Waals surface area (Å²) < 4.78 is 1.63. The highest BCUT2D eigenvalue weighted by Crippen LogP contribution is 2.28. The second-order valence-corrected chi connectivity index (χ2v) is 4.04. The van der Waals surface area contributed by atoms with Crippen LogP contribution in [0.4, 0.5) is 5.69 Å². The van der Waals surface area contributed by atoms with E-state index in [-0.39, 0.29) is 5.56 Å². The summed E-state index contributed by atoms with van der Waals surface area (Å²) >= 11 is 0. The van der Waals surface area contributed by atoms with Crippen molar-refractivity contribution in [1.29, 1.82) is 0 Å². The molecule has 0 aliphatic carbocycles. The first kappa shape index (κ1) is 12.9. The van der Waals surface area contributed by atoms with E-state index in [1.165, 1.54) is 6.20 Å². The van der Waals surface area contributed by atoms with Gasteiger partial charge in [-0.25, -0.2) is 9.78 Å². The summed E-state index contributed by atoms with van der Waals surface area (Å²) in [5.41, 5.74) is 2.03. The minimum absolute atomic E-state index is 0.126. The van der Waals surface area contributed by atoms with Crippen LogP contribution in [0.15, 0.2) is 6.20 Å². The smallest absolute Gasteiger partial charge is 0.339 e. The van der Waals surface area contributed by atoms with Crippen LogP contribution < -0.4 is 5.32 Å². The molecule has 0 aliphatic heterocycles. The van der Waals surface area contributed by atoms with Crippen molar-refractivity contribution in [2.24, 2.45) is 7.05 Å². The highest BCUT2D eigenvalue weighted by atomic mass is 16.4. The summed E-state index contributed by atoms with van der Waals surface area (Å²) in [5.74, 6) is 4.59. The Hall–Kier alpha value is -2.55. The predicted octanol–water partition coefficient (Wildman–Crippen LogP) is 1.41. The van der Waals surface area contributed by atoms with Gasteiger partial charge in [-0.15, -0.1) is 5.92 Å². The number of aromatic nitrogens is 3. The third-order valence-electron chi connectivity index (χ3n) is 2.79. The number of aryl methyl sites for hydroxylation is 2. The van der Waals surface area contributed by atoms with Gasteiger partial charge in [-0.2, -0.15) is 5.10 Å². The standard InChI is InChI=1S/C13H14N4O2/c1-4-5-6-14-11-9(13(18)19)7-15-12-10(11)8(2)16-17(12)3/h7H,6H2,1-3H3,(H,14,15)(H,18,19). The molecule has 2 rings (SSSR count). The summed E-state index contributed by atoms with van der Waals surface area (Å²) in [6.07, 6.45) is 1.34. The number of nitrogens with one attached hydrogen (secondary N) is 1. The Labute approximate surface area is 110 Å². The molecule has 0 atom stereocenters. The molecule has 0 aromatic carbocycles. The minimum atomic E-state index is -1.02. The van der Waals surface area contributed by atoms with Crippen LogP contribution in [0.1, 0.15) is 23.0 Å². The molecule has 2 N–H and O–H groups in total. The Balaban J connectivity index is 2.67. The van der Waals surface area contributed by atoms with Crippen molar-refractivity contribution in [3.05, 3.63) is 17.5 Å². The molecule has 2 aromatic rings. The fourth-order valence-corrected chi connectivity index (χ4v) is 1.98. The quantitative estimate of drug-likeness (QED) is 0.814. The highest BCUT2D eigenvalue weighted by Gasteiger charge is 2.18. The van der Waals surface area contributed by atoms with Crippen LogP contribution in [0.2, 0.25) is 0 Å². The molecule has 2 aromatic heterocycles. The van der Waals surface area contributed by atoms with Gasteiger partial charge in [0, 0.05) is 13.2 Å². The largest absolute Gasteiger partial charge is 0.478 e. The minimum Gasteiger partial charge on any atom is -0.478 e. The van der Waals surface area contributed by atoms with Gasteiger partial charge in [-0.1, -0.05) is 5.92 Å². The predicted molar refractivity (Wildman–Crippen MR) is 72.1 cm³/mol. The van der Waals surface area contributed by atoms with Crippen LogP contribution in [-0.2, 0) is 7.05 Å². The van der Waals surface area contributed by atoms with E-state index in [9.17, 15) is 9.90 Å². The first-order valence-electron chi connectivity index (χ1n) is 5.75. The van der Waals surface area contributed by atoms with Crippen LogP contribution in [0.25, 0.3) is 11.0 Å². The Morgan fingerprint density at radius 3 is 2.95 bits per heavy atom. The van der Waals surface area contributed by atoms with Gasteiger partial charge in [0.1, 0.15) is 5.56 Å². The summed E-state index contributed by atoms with van der Waals surface area (Å²) in [5, 5.41) is 17.3. The Morgan fingerprint density at radius 1 is 1.58 bits per heavy atom. The number of carbonyl (C=O) groups is 1. The average molecular weight is 258 g/mol. The number of hydrogen-bond acceptors (Lipinski definition) is 4. The summed E-state index contributed by atoms with van der Waals surface area (Å²) in [4.78, 5) is 15.4. The number of carboxylic acid groups (broad SMARTS) is 1. The topological polar surface area (TPSA) is 80.0 Å². The molecule has 0 spiro atoms. The molecule has 6 nitrogen and oxygen atoms in total. The number of carboxylic acids is 1. The van der Waals surface area contributed by atoms with Gasteiger partial charge in [0.2, 0.25) is 0 Å². The van der Waals surface area contributed by atoms with Crippen LogP contribution in [0.5, 0.6) is 0 Å². The van der Waals surface area contributed by atoms with Crippen molar-refractivity contribution in [3.63, 3.8) is 0 Å². The number of pyridine rings is 1. The van der Waals surface area contributed by atoms with Gasteiger partial charge in [-0.3, -0.25) is 4.68 Å².